The van der Waals surface area contributed by atoms with Crippen molar-refractivity contribution in [1.29, 1.82) is 0 Å². The summed E-state index contributed by atoms with van der Waals surface area (Å²) in [7, 11) is -2.20. The van der Waals surface area contributed by atoms with Crippen LogP contribution in [0.25, 0.3) is 11.1 Å². The highest BCUT2D eigenvalue weighted by atomic mass is 32.2. The molecule has 4 nitrogen and oxygen atoms in total. The molecule has 3 aromatic rings. The second-order valence-electron chi connectivity index (χ2n) is 7.41. The molecule has 5 heteroatoms. The normalized spacial score (nSPS) is 16.7. The van der Waals surface area contributed by atoms with Crippen LogP contribution in [-0.4, -0.2) is 15.5 Å². The number of methoxy groups -OCH3 is 1. The SMILES string of the molecule is CC[C@@H](C)[C@H]1c2ccccc2-c2ccccc2N1S(=O)(=O)c1ccc(OC)cc1. The van der Waals surface area contributed by atoms with E-state index < -0.39 is 10.0 Å². The third-order valence-corrected chi connectivity index (χ3v) is 7.57. The zero-order valence-corrected chi connectivity index (χ0v) is 17.7. The van der Waals surface area contributed by atoms with E-state index in [1.54, 1.807) is 35.7 Å². The van der Waals surface area contributed by atoms with E-state index in [2.05, 4.69) is 26.0 Å². The lowest BCUT2D eigenvalue weighted by molar-refractivity contribution is 0.414. The summed E-state index contributed by atoms with van der Waals surface area (Å²) in [5.41, 5.74) is 3.83. The van der Waals surface area contributed by atoms with E-state index in [0.717, 1.165) is 28.8 Å². The molecule has 0 bridgehead atoms. The third kappa shape index (κ3) is 3.19. The van der Waals surface area contributed by atoms with E-state index in [0.29, 0.717) is 5.75 Å². The zero-order valence-electron chi connectivity index (χ0n) is 16.9. The van der Waals surface area contributed by atoms with Crippen LogP contribution in [0.1, 0.15) is 31.9 Å². The molecule has 0 fully saturated rings. The Hall–Kier alpha value is -2.79. The molecule has 3 aromatic carbocycles. The van der Waals surface area contributed by atoms with Gasteiger partial charge in [-0.05, 0) is 47.4 Å². The zero-order chi connectivity index (χ0) is 20.6. The molecule has 1 aliphatic rings. The summed E-state index contributed by atoms with van der Waals surface area (Å²) in [6, 6.07) is 22.2. The number of nitrogens with zero attached hydrogens (tertiary/aromatic N) is 1. The Kier molecular flexibility index (Phi) is 5.09. The molecule has 0 spiro atoms. The van der Waals surface area contributed by atoms with E-state index in [-0.39, 0.29) is 16.9 Å². The first-order valence-electron chi connectivity index (χ1n) is 9.85. The van der Waals surface area contributed by atoms with Crippen LogP contribution in [0.5, 0.6) is 5.75 Å². The van der Waals surface area contributed by atoms with Gasteiger partial charge in [0.2, 0.25) is 0 Å². The molecule has 2 atom stereocenters. The molecular formula is C24H25NO3S. The molecule has 150 valence electrons. The largest absolute Gasteiger partial charge is 0.497 e. The maximum absolute atomic E-state index is 13.9. The minimum atomic E-state index is -3.77. The molecule has 0 aliphatic carbocycles. The molecule has 4 rings (SSSR count). The number of anilines is 1. The van der Waals surface area contributed by atoms with Gasteiger partial charge in [0.15, 0.2) is 0 Å². The van der Waals surface area contributed by atoms with Crippen molar-refractivity contribution in [2.24, 2.45) is 5.92 Å². The Morgan fingerprint density at radius 3 is 2.21 bits per heavy atom. The van der Waals surface area contributed by atoms with Gasteiger partial charge in [-0.3, -0.25) is 4.31 Å². The van der Waals surface area contributed by atoms with Crippen molar-refractivity contribution in [3.63, 3.8) is 0 Å². The van der Waals surface area contributed by atoms with Crippen LogP contribution >= 0.6 is 0 Å². The van der Waals surface area contributed by atoms with Crippen molar-refractivity contribution in [2.75, 3.05) is 11.4 Å². The predicted octanol–water partition coefficient (Wildman–Crippen LogP) is 5.66. The second kappa shape index (κ2) is 7.56. The topological polar surface area (TPSA) is 46.6 Å². The second-order valence-corrected chi connectivity index (χ2v) is 9.23. The fourth-order valence-corrected chi connectivity index (χ4v) is 5.82. The average Bonchev–Trinajstić information content (AvgIpc) is 2.77. The quantitative estimate of drug-likeness (QED) is 0.548. The summed E-state index contributed by atoms with van der Waals surface area (Å²) in [5, 5.41) is 0. The van der Waals surface area contributed by atoms with Crippen LogP contribution in [0.4, 0.5) is 5.69 Å². The van der Waals surface area contributed by atoms with Crippen molar-refractivity contribution in [2.45, 2.75) is 31.2 Å². The number of ether oxygens (including phenoxy) is 1. The van der Waals surface area contributed by atoms with E-state index in [1.165, 1.54) is 0 Å². The Morgan fingerprint density at radius 1 is 0.931 bits per heavy atom. The molecule has 0 saturated heterocycles. The van der Waals surface area contributed by atoms with E-state index in [4.69, 9.17) is 4.74 Å². The Labute approximate surface area is 172 Å². The fraction of sp³-hybridized carbons (Fsp3) is 0.250. The van der Waals surface area contributed by atoms with Gasteiger partial charge in [-0.1, -0.05) is 62.7 Å². The average molecular weight is 408 g/mol. The van der Waals surface area contributed by atoms with Crippen LogP contribution in [-0.2, 0) is 10.0 Å². The number of hydrogen-bond donors (Lipinski definition) is 0. The summed E-state index contributed by atoms with van der Waals surface area (Å²) in [4.78, 5) is 0.265. The fourth-order valence-electron chi connectivity index (χ4n) is 4.07. The third-order valence-electron chi connectivity index (χ3n) is 5.76. The first-order valence-corrected chi connectivity index (χ1v) is 11.3. The minimum absolute atomic E-state index is 0.150. The summed E-state index contributed by atoms with van der Waals surface area (Å²) in [6.45, 7) is 4.22. The Morgan fingerprint density at radius 2 is 1.55 bits per heavy atom. The summed E-state index contributed by atoms with van der Waals surface area (Å²) in [5.74, 6) is 0.782. The molecule has 1 heterocycles. The number of hydrogen-bond acceptors (Lipinski definition) is 3. The lowest BCUT2D eigenvalue weighted by Crippen LogP contribution is -2.40. The van der Waals surface area contributed by atoms with Gasteiger partial charge in [-0.15, -0.1) is 0 Å². The van der Waals surface area contributed by atoms with Crippen LogP contribution < -0.4 is 9.04 Å². The van der Waals surface area contributed by atoms with Gasteiger partial charge in [-0.25, -0.2) is 8.42 Å². The number of rotatable bonds is 5. The van der Waals surface area contributed by atoms with E-state index >= 15 is 0 Å². The standard InChI is InChI=1S/C24H25NO3S/c1-4-17(2)24-22-11-6-5-9-20(22)21-10-7-8-12-23(21)25(24)29(26,27)19-15-13-18(28-3)14-16-19/h5-17,24H,4H2,1-3H3/t17-,24+/m1/s1. The number of benzene rings is 3. The maximum Gasteiger partial charge on any atom is 0.264 e. The first-order chi connectivity index (χ1) is 14.0. The van der Waals surface area contributed by atoms with E-state index in [9.17, 15) is 8.42 Å². The van der Waals surface area contributed by atoms with Crippen LogP contribution in [0, 0.1) is 5.92 Å². The molecule has 0 aromatic heterocycles. The summed E-state index contributed by atoms with van der Waals surface area (Å²) < 4.78 is 34.6. The van der Waals surface area contributed by atoms with Crippen molar-refractivity contribution in [3.8, 4) is 16.9 Å². The molecule has 0 unspecified atom stereocenters. The molecule has 0 N–H and O–H groups in total. The highest BCUT2D eigenvalue weighted by Crippen LogP contribution is 2.50. The smallest absolute Gasteiger partial charge is 0.264 e. The predicted molar refractivity (Wildman–Crippen MR) is 117 cm³/mol. The van der Waals surface area contributed by atoms with Crippen molar-refractivity contribution >= 4 is 15.7 Å². The number of sulfonamides is 1. The van der Waals surface area contributed by atoms with Crippen molar-refractivity contribution < 1.29 is 13.2 Å². The summed E-state index contributed by atoms with van der Waals surface area (Å²) in [6.07, 6.45) is 0.871. The Bertz CT molecular complexity index is 1120. The van der Waals surface area contributed by atoms with Crippen molar-refractivity contribution in [3.05, 3.63) is 78.4 Å². The van der Waals surface area contributed by atoms with Crippen LogP contribution in [0.15, 0.2) is 77.7 Å². The van der Waals surface area contributed by atoms with Gasteiger partial charge in [0.25, 0.3) is 10.0 Å². The van der Waals surface area contributed by atoms with Gasteiger partial charge in [0.1, 0.15) is 5.75 Å². The lowest BCUT2D eigenvalue weighted by atomic mass is 9.83. The van der Waals surface area contributed by atoms with Gasteiger partial charge in [-0.2, -0.15) is 0 Å². The van der Waals surface area contributed by atoms with Gasteiger partial charge in [0, 0.05) is 5.56 Å². The molecule has 0 amide bonds. The minimum Gasteiger partial charge on any atom is -0.497 e. The monoisotopic (exact) mass is 407 g/mol. The molecular weight excluding hydrogens is 382 g/mol. The Balaban J connectivity index is 1.96. The van der Waals surface area contributed by atoms with Gasteiger partial charge < -0.3 is 4.74 Å². The highest BCUT2D eigenvalue weighted by molar-refractivity contribution is 7.92. The van der Waals surface area contributed by atoms with E-state index in [1.807, 2.05) is 36.4 Å². The number of para-hydroxylation sites is 1. The van der Waals surface area contributed by atoms with Crippen molar-refractivity contribution in [1.82, 2.24) is 0 Å². The van der Waals surface area contributed by atoms with Gasteiger partial charge in [0.05, 0.1) is 23.7 Å². The highest BCUT2D eigenvalue weighted by Gasteiger charge is 2.40. The first kappa shape index (κ1) is 19.5. The molecule has 29 heavy (non-hydrogen) atoms. The van der Waals surface area contributed by atoms with Gasteiger partial charge >= 0.3 is 0 Å². The molecule has 1 aliphatic heterocycles. The molecule has 0 saturated carbocycles. The lowest BCUT2D eigenvalue weighted by Gasteiger charge is -2.42. The maximum atomic E-state index is 13.9. The van der Waals surface area contributed by atoms with Crippen LogP contribution in [0.2, 0.25) is 0 Å². The summed E-state index contributed by atoms with van der Waals surface area (Å²) >= 11 is 0. The molecule has 0 radical (unpaired) electrons. The number of fused-ring (bicyclic) bond motifs is 3. The van der Waals surface area contributed by atoms with Crippen LogP contribution in [0.3, 0.4) is 0 Å².